The molecule has 0 aliphatic rings. The van der Waals surface area contributed by atoms with Crippen molar-refractivity contribution in [2.45, 2.75) is 51.5 Å². The summed E-state index contributed by atoms with van der Waals surface area (Å²) in [5.74, 6) is 1.36. The molecule has 0 radical (unpaired) electrons. The maximum atomic E-state index is 12.9. The number of para-hydroxylation sites is 1. The number of carbonyl (C=O) groups excluding carboxylic acids is 2. The lowest BCUT2D eigenvalue weighted by molar-refractivity contribution is -0.118. The van der Waals surface area contributed by atoms with E-state index in [1.165, 1.54) is 4.68 Å². The number of oxazole rings is 1. The minimum Gasteiger partial charge on any atom is -0.480 e. The molecule has 0 saturated heterocycles. The second-order valence-electron chi connectivity index (χ2n) is 8.66. The highest BCUT2D eigenvalue weighted by atomic mass is 16.5. The number of hydrogen-bond donors (Lipinski definition) is 1. The first kappa shape index (κ1) is 25.1. The molecule has 0 fully saturated rings. The Morgan fingerprint density at radius 3 is 2.75 bits per heavy atom. The van der Waals surface area contributed by atoms with E-state index in [4.69, 9.17) is 9.15 Å². The lowest BCUT2D eigenvalue weighted by Gasteiger charge is -2.16. The number of amides is 1. The molecule has 3 aromatic heterocycles. The van der Waals surface area contributed by atoms with Gasteiger partial charge in [-0.1, -0.05) is 38.0 Å². The van der Waals surface area contributed by atoms with Crippen LogP contribution in [0.3, 0.4) is 0 Å². The van der Waals surface area contributed by atoms with Gasteiger partial charge in [0.2, 0.25) is 11.8 Å². The highest BCUT2D eigenvalue weighted by Crippen LogP contribution is 2.33. The van der Waals surface area contributed by atoms with E-state index in [0.29, 0.717) is 48.1 Å². The van der Waals surface area contributed by atoms with Crippen molar-refractivity contribution in [3.63, 3.8) is 0 Å². The number of benzene rings is 1. The molecular weight excluding hydrogens is 458 g/mol. The topological polar surface area (TPSA) is 112 Å². The molecule has 0 unspecified atom stereocenters. The van der Waals surface area contributed by atoms with Crippen LogP contribution in [0.4, 0.5) is 0 Å². The second-order valence-corrected chi connectivity index (χ2v) is 8.66. The Morgan fingerprint density at radius 1 is 1.17 bits per heavy atom. The van der Waals surface area contributed by atoms with Crippen LogP contribution in [0.1, 0.15) is 67.9 Å². The Labute approximate surface area is 209 Å². The van der Waals surface area contributed by atoms with Gasteiger partial charge in [0, 0.05) is 31.5 Å². The molecular formula is C27H31N5O4. The van der Waals surface area contributed by atoms with E-state index < -0.39 is 6.04 Å². The van der Waals surface area contributed by atoms with Crippen LogP contribution in [-0.2, 0) is 11.8 Å². The van der Waals surface area contributed by atoms with Crippen molar-refractivity contribution >= 4 is 22.6 Å². The lowest BCUT2D eigenvalue weighted by Crippen LogP contribution is -2.30. The first-order chi connectivity index (χ1) is 17.5. The zero-order chi connectivity index (χ0) is 25.5. The number of pyridine rings is 1. The smallest absolute Gasteiger partial charge is 0.270 e. The number of aryl methyl sites for hydroxylation is 1. The van der Waals surface area contributed by atoms with Gasteiger partial charge in [-0.15, -0.1) is 0 Å². The largest absolute Gasteiger partial charge is 0.480 e. The summed E-state index contributed by atoms with van der Waals surface area (Å²) in [5.41, 5.74) is 1.95. The predicted octanol–water partition coefficient (Wildman–Crippen LogP) is 5.03. The predicted molar refractivity (Wildman–Crippen MR) is 136 cm³/mol. The summed E-state index contributed by atoms with van der Waals surface area (Å²) in [6, 6.07) is 10.9. The number of nitrogens with one attached hydrogen (secondary N) is 1. The van der Waals surface area contributed by atoms with Crippen molar-refractivity contribution in [3.8, 4) is 17.2 Å². The highest BCUT2D eigenvalue weighted by Gasteiger charge is 2.23. The van der Waals surface area contributed by atoms with E-state index in [0.717, 1.165) is 30.2 Å². The summed E-state index contributed by atoms with van der Waals surface area (Å²) in [4.78, 5) is 33.6. The van der Waals surface area contributed by atoms with Crippen molar-refractivity contribution in [1.82, 2.24) is 25.1 Å². The molecule has 9 nitrogen and oxygen atoms in total. The molecule has 3 heterocycles. The molecule has 4 aromatic rings. The van der Waals surface area contributed by atoms with Gasteiger partial charge in [0.1, 0.15) is 17.5 Å². The number of methoxy groups -OCH3 is 1. The summed E-state index contributed by atoms with van der Waals surface area (Å²) in [6.45, 7) is 1.88. The number of aromatic nitrogens is 4. The quantitative estimate of drug-likeness (QED) is 0.278. The lowest BCUT2D eigenvalue weighted by atomic mass is 10.0. The molecule has 0 spiro atoms. The molecule has 0 aliphatic heterocycles. The second kappa shape index (κ2) is 11.6. The third kappa shape index (κ3) is 5.79. The van der Waals surface area contributed by atoms with Crippen molar-refractivity contribution in [3.05, 3.63) is 60.4 Å². The molecule has 188 valence electrons. The van der Waals surface area contributed by atoms with Crippen LogP contribution in [0, 0.1) is 0 Å². The fourth-order valence-corrected chi connectivity index (χ4v) is 4.11. The molecule has 1 aromatic carbocycles. The minimum atomic E-state index is -0.442. The van der Waals surface area contributed by atoms with E-state index >= 15 is 0 Å². The fraction of sp³-hybridized carbons (Fsp3) is 0.370. The summed E-state index contributed by atoms with van der Waals surface area (Å²) in [5, 5.41) is 8.07. The van der Waals surface area contributed by atoms with E-state index in [9.17, 15) is 9.59 Å². The van der Waals surface area contributed by atoms with Crippen LogP contribution in [0.25, 0.3) is 22.2 Å². The zero-order valence-electron chi connectivity index (χ0n) is 20.9. The van der Waals surface area contributed by atoms with Gasteiger partial charge >= 0.3 is 0 Å². The molecule has 4 rings (SSSR count). The van der Waals surface area contributed by atoms with Crippen molar-refractivity contribution in [2.75, 3.05) is 7.11 Å². The summed E-state index contributed by atoms with van der Waals surface area (Å²) in [6.07, 6.45) is 7.49. The number of Topliss-reactive ketones (excluding diaryl/α,β-unsaturated/α-hetero) is 1. The minimum absolute atomic E-state index is 0.258. The van der Waals surface area contributed by atoms with Gasteiger partial charge in [-0.25, -0.2) is 9.97 Å². The van der Waals surface area contributed by atoms with Crippen molar-refractivity contribution < 1.29 is 18.7 Å². The third-order valence-electron chi connectivity index (χ3n) is 6.17. The number of hydrogen-bond acceptors (Lipinski definition) is 7. The van der Waals surface area contributed by atoms with Crippen LogP contribution in [-0.4, -0.2) is 38.5 Å². The van der Waals surface area contributed by atoms with Crippen LogP contribution >= 0.6 is 0 Å². The summed E-state index contributed by atoms with van der Waals surface area (Å²) >= 11 is 0. The van der Waals surface area contributed by atoms with Crippen molar-refractivity contribution in [1.29, 1.82) is 0 Å². The van der Waals surface area contributed by atoms with Crippen LogP contribution in [0.15, 0.2) is 53.2 Å². The molecule has 1 amide bonds. The third-order valence-corrected chi connectivity index (χ3v) is 6.17. The van der Waals surface area contributed by atoms with Gasteiger partial charge in [0.05, 0.1) is 24.4 Å². The molecule has 0 aliphatic carbocycles. The summed E-state index contributed by atoms with van der Waals surface area (Å²) < 4.78 is 13.2. The monoisotopic (exact) mass is 489 g/mol. The first-order valence-electron chi connectivity index (χ1n) is 12.2. The highest BCUT2D eigenvalue weighted by molar-refractivity contribution is 5.92. The summed E-state index contributed by atoms with van der Waals surface area (Å²) in [7, 11) is 3.29. The molecule has 1 atom stereocenters. The zero-order valence-corrected chi connectivity index (χ0v) is 20.9. The maximum absolute atomic E-state index is 12.9. The fourth-order valence-electron chi connectivity index (χ4n) is 4.11. The maximum Gasteiger partial charge on any atom is 0.270 e. The molecule has 9 heteroatoms. The van der Waals surface area contributed by atoms with Crippen molar-refractivity contribution in [2.24, 2.45) is 7.05 Å². The molecule has 0 bridgehead atoms. The van der Waals surface area contributed by atoms with Gasteiger partial charge in [-0.3, -0.25) is 14.3 Å². The number of fused-ring (bicyclic) bond motifs is 1. The number of nitrogens with zero attached hydrogens (tertiary/aromatic N) is 4. The SMILES string of the molecule is CCC(=O)CCCCC[C@H](NC(=O)c1ccnn1C)c1ncc(-c2cc3ccccc3nc2OC)o1. The molecule has 0 saturated carbocycles. The van der Waals surface area contributed by atoms with E-state index in [1.54, 1.807) is 32.6 Å². The Balaban J connectivity index is 1.56. The van der Waals surface area contributed by atoms with Gasteiger partial charge in [0.25, 0.3) is 5.91 Å². The Bertz CT molecular complexity index is 1340. The first-order valence-corrected chi connectivity index (χ1v) is 12.2. The van der Waals surface area contributed by atoms with E-state index in [2.05, 4.69) is 20.4 Å². The van der Waals surface area contributed by atoms with Crippen LogP contribution in [0.5, 0.6) is 5.88 Å². The number of carbonyl (C=O) groups is 2. The average Bonchev–Trinajstić information content (AvgIpc) is 3.56. The number of ketones is 1. The molecule has 1 N–H and O–H groups in total. The Morgan fingerprint density at radius 2 is 2.00 bits per heavy atom. The standard InChI is InChI=1S/C27H31N5O4/c1-4-19(33)11-6-5-7-13-22(30-25(34)23-14-15-29-32(23)2)27-28-17-24(36-27)20-16-18-10-8-9-12-21(18)31-26(20)35-3/h8-10,12,14-17,22H,4-7,11,13H2,1-3H3,(H,30,34)/t22-/m0/s1. The van der Waals surface area contributed by atoms with E-state index in [-0.39, 0.29) is 11.7 Å². The van der Waals surface area contributed by atoms with Gasteiger partial charge in [-0.2, -0.15) is 5.10 Å². The van der Waals surface area contributed by atoms with Gasteiger partial charge in [0.15, 0.2) is 5.76 Å². The molecule has 36 heavy (non-hydrogen) atoms. The van der Waals surface area contributed by atoms with Gasteiger partial charge in [-0.05, 0) is 31.0 Å². The average molecular weight is 490 g/mol. The number of ether oxygens (including phenoxy) is 1. The van der Waals surface area contributed by atoms with Crippen LogP contribution < -0.4 is 10.1 Å². The Hall–Kier alpha value is -4.01. The van der Waals surface area contributed by atoms with Crippen LogP contribution in [0.2, 0.25) is 0 Å². The normalized spacial score (nSPS) is 12.0. The van der Waals surface area contributed by atoms with Gasteiger partial charge < -0.3 is 14.5 Å². The van der Waals surface area contributed by atoms with E-state index in [1.807, 2.05) is 37.3 Å². The number of unbranched alkanes of at least 4 members (excludes halogenated alkanes) is 2. The Kier molecular flexibility index (Phi) is 8.10. The number of rotatable bonds is 12.